The molecule has 1 aliphatic rings. The number of nitrogens with zero attached hydrogens (tertiary/aromatic N) is 2. The lowest BCUT2D eigenvalue weighted by molar-refractivity contribution is 0.104. The molecule has 5 rings (SSSR count). The molecule has 0 bridgehead atoms. The fourth-order valence-corrected chi connectivity index (χ4v) is 4.87. The Bertz CT molecular complexity index is 1460. The van der Waals surface area contributed by atoms with Gasteiger partial charge in [0.15, 0.2) is 17.3 Å². The summed E-state index contributed by atoms with van der Waals surface area (Å²) in [5.41, 5.74) is 3.59. The van der Waals surface area contributed by atoms with Crippen LogP contribution in [0.2, 0.25) is 0 Å². The van der Waals surface area contributed by atoms with E-state index in [1.807, 2.05) is 49.5 Å². The van der Waals surface area contributed by atoms with E-state index in [2.05, 4.69) is 17.0 Å². The monoisotopic (exact) mass is 454 g/mol. The molecule has 0 radical (unpaired) electrons. The van der Waals surface area contributed by atoms with Gasteiger partial charge in [-0.2, -0.15) is 0 Å². The summed E-state index contributed by atoms with van der Waals surface area (Å²) in [5, 5.41) is 0.967. The molecule has 0 N–H and O–H groups in total. The third-order valence-electron chi connectivity index (χ3n) is 6.51. The SMILES string of the molecule is COc1ccc2c3c(n(CCCN(C)c4ccccc4)c(=O)c2c1OC)-c1ccccc1C3=O. The number of pyridine rings is 1. The van der Waals surface area contributed by atoms with E-state index in [4.69, 9.17) is 9.47 Å². The molecule has 1 aliphatic carbocycles. The Balaban J connectivity index is 1.66. The minimum Gasteiger partial charge on any atom is -0.493 e. The molecule has 6 nitrogen and oxygen atoms in total. The Hall–Kier alpha value is -4.06. The number of hydrogen-bond acceptors (Lipinski definition) is 5. The Morgan fingerprint density at radius 3 is 2.26 bits per heavy atom. The number of ketones is 1. The summed E-state index contributed by atoms with van der Waals surface area (Å²) in [6.07, 6.45) is 0.728. The summed E-state index contributed by atoms with van der Waals surface area (Å²) in [6, 6.07) is 21.2. The van der Waals surface area contributed by atoms with Crippen molar-refractivity contribution in [2.75, 3.05) is 32.7 Å². The van der Waals surface area contributed by atoms with Gasteiger partial charge in [0.05, 0.1) is 30.9 Å². The zero-order valence-electron chi connectivity index (χ0n) is 19.5. The first-order chi connectivity index (χ1) is 16.6. The van der Waals surface area contributed by atoms with E-state index in [1.54, 1.807) is 16.7 Å². The van der Waals surface area contributed by atoms with Crippen LogP contribution in [0.5, 0.6) is 11.5 Å². The maximum absolute atomic E-state index is 13.9. The van der Waals surface area contributed by atoms with Gasteiger partial charge in [0.1, 0.15) is 0 Å². The molecule has 6 heteroatoms. The highest BCUT2D eigenvalue weighted by molar-refractivity contribution is 6.27. The predicted molar refractivity (Wildman–Crippen MR) is 135 cm³/mol. The highest BCUT2D eigenvalue weighted by Crippen LogP contribution is 2.43. The van der Waals surface area contributed by atoms with Gasteiger partial charge in [-0.05, 0) is 30.7 Å². The number of para-hydroxylation sites is 1. The van der Waals surface area contributed by atoms with E-state index in [1.165, 1.54) is 14.2 Å². The number of methoxy groups -OCH3 is 2. The topological polar surface area (TPSA) is 60.8 Å². The Labute approximate surface area is 198 Å². The van der Waals surface area contributed by atoms with Crippen LogP contribution >= 0.6 is 0 Å². The molecule has 4 aromatic rings. The summed E-state index contributed by atoms with van der Waals surface area (Å²) in [7, 11) is 5.09. The predicted octanol–water partition coefficient (Wildman–Crippen LogP) is 4.76. The van der Waals surface area contributed by atoms with E-state index in [0.717, 1.165) is 24.2 Å². The van der Waals surface area contributed by atoms with Crippen LogP contribution in [-0.2, 0) is 6.54 Å². The third kappa shape index (κ3) is 3.34. The van der Waals surface area contributed by atoms with Crippen LogP contribution in [0.25, 0.3) is 22.0 Å². The van der Waals surface area contributed by atoms with Crippen LogP contribution in [0.4, 0.5) is 5.69 Å². The van der Waals surface area contributed by atoms with Gasteiger partial charge in [0.2, 0.25) is 0 Å². The average Bonchev–Trinajstić information content (AvgIpc) is 3.18. The summed E-state index contributed by atoms with van der Waals surface area (Å²) in [5.74, 6) is 0.745. The van der Waals surface area contributed by atoms with E-state index in [-0.39, 0.29) is 11.3 Å². The second-order valence-electron chi connectivity index (χ2n) is 8.39. The van der Waals surface area contributed by atoms with Crippen molar-refractivity contribution in [3.05, 3.63) is 88.2 Å². The van der Waals surface area contributed by atoms with E-state index < -0.39 is 0 Å². The minimum atomic E-state index is -0.184. The minimum absolute atomic E-state index is 0.0713. The van der Waals surface area contributed by atoms with E-state index >= 15 is 0 Å². The summed E-state index contributed by atoms with van der Waals surface area (Å²) in [4.78, 5) is 29.6. The number of hydrogen-bond donors (Lipinski definition) is 0. The quantitative estimate of drug-likeness (QED) is 0.355. The highest BCUT2D eigenvalue weighted by atomic mass is 16.5. The van der Waals surface area contributed by atoms with Crippen LogP contribution in [-0.4, -0.2) is 38.2 Å². The molecule has 172 valence electrons. The smallest absolute Gasteiger partial charge is 0.262 e. The number of carbonyl (C=O) groups is 1. The largest absolute Gasteiger partial charge is 0.493 e. The molecule has 1 aromatic heterocycles. The van der Waals surface area contributed by atoms with Gasteiger partial charge < -0.3 is 18.9 Å². The Kier molecular flexibility index (Phi) is 5.57. The normalized spacial score (nSPS) is 11.9. The van der Waals surface area contributed by atoms with Gasteiger partial charge in [-0.1, -0.05) is 42.5 Å². The molecule has 0 amide bonds. The molecule has 0 fully saturated rings. The van der Waals surface area contributed by atoms with Gasteiger partial charge in [-0.3, -0.25) is 9.59 Å². The van der Waals surface area contributed by atoms with Gasteiger partial charge in [-0.25, -0.2) is 0 Å². The van der Waals surface area contributed by atoms with Gasteiger partial charge in [0.25, 0.3) is 5.56 Å². The van der Waals surface area contributed by atoms with Crippen molar-refractivity contribution in [3.8, 4) is 22.8 Å². The standard InChI is InChI=1S/C28H26N2O4/c1-29(18-10-5-4-6-11-18)16-9-17-30-25-19-12-7-8-13-20(19)26(31)23(25)21-14-15-22(33-2)27(34-3)24(21)28(30)32/h4-8,10-15H,9,16-17H2,1-3H3. The van der Waals surface area contributed by atoms with E-state index in [0.29, 0.717) is 45.6 Å². The van der Waals surface area contributed by atoms with Crippen molar-refractivity contribution in [1.82, 2.24) is 4.57 Å². The van der Waals surface area contributed by atoms with Crippen LogP contribution in [0, 0.1) is 0 Å². The van der Waals surface area contributed by atoms with Crippen molar-refractivity contribution in [2.45, 2.75) is 13.0 Å². The van der Waals surface area contributed by atoms with Crippen molar-refractivity contribution in [2.24, 2.45) is 0 Å². The number of carbonyl (C=O) groups excluding carboxylic acids is 1. The summed E-state index contributed by atoms with van der Waals surface area (Å²) >= 11 is 0. The third-order valence-corrected chi connectivity index (χ3v) is 6.51. The molecule has 1 heterocycles. The number of fused-ring (bicyclic) bond motifs is 5. The zero-order chi connectivity index (χ0) is 23.8. The maximum atomic E-state index is 13.9. The maximum Gasteiger partial charge on any atom is 0.262 e. The first-order valence-corrected chi connectivity index (χ1v) is 11.3. The first kappa shape index (κ1) is 21.8. The molecule has 3 aromatic carbocycles. The lowest BCUT2D eigenvalue weighted by Crippen LogP contribution is -2.26. The van der Waals surface area contributed by atoms with Gasteiger partial charge in [-0.15, -0.1) is 0 Å². The van der Waals surface area contributed by atoms with Gasteiger partial charge in [0, 0.05) is 42.3 Å². The molecule has 0 spiro atoms. The van der Waals surface area contributed by atoms with Crippen molar-refractivity contribution < 1.29 is 14.3 Å². The van der Waals surface area contributed by atoms with Crippen molar-refractivity contribution in [3.63, 3.8) is 0 Å². The number of rotatable bonds is 7. The molecule has 0 unspecified atom stereocenters. The molecular formula is C28H26N2O4. The van der Waals surface area contributed by atoms with Crippen molar-refractivity contribution >= 4 is 22.2 Å². The molecule has 0 saturated carbocycles. The molecule has 0 aliphatic heterocycles. The molecule has 34 heavy (non-hydrogen) atoms. The average molecular weight is 455 g/mol. The lowest BCUT2D eigenvalue weighted by atomic mass is 10.0. The fraction of sp³-hybridized carbons (Fsp3) is 0.214. The molecular weight excluding hydrogens is 428 g/mol. The highest BCUT2D eigenvalue weighted by Gasteiger charge is 2.33. The van der Waals surface area contributed by atoms with Crippen molar-refractivity contribution in [1.29, 1.82) is 0 Å². The number of benzene rings is 3. The second kappa shape index (κ2) is 8.71. The first-order valence-electron chi connectivity index (χ1n) is 11.3. The lowest BCUT2D eigenvalue weighted by Gasteiger charge is -2.21. The van der Waals surface area contributed by atoms with Gasteiger partial charge >= 0.3 is 0 Å². The summed E-state index contributed by atoms with van der Waals surface area (Å²) < 4.78 is 12.8. The number of anilines is 1. The number of aromatic nitrogens is 1. The summed E-state index contributed by atoms with van der Waals surface area (Å²) in [6.45, 7) is 1.23. The Morgan fingerprint density at radius 1 is 0.853 bits per heavy atom. The number of ether oxygens (including phenoxy) is 2. The fourth-order valence-electron chi connectivity index (χ4n) is 4.87. The van der Waals surface area contributed by atoms with Crippen LogP contribution in [0.15, 0.2) is 71.5 Å². The van der Waals surface area contributed by atoms with E-state index in [9.17, 15) is 9.59 Å². The Morgan fingerprint density at radius 2 is 1.56 bits per heavy atom. The zero-order valence-corrected chi connectivity index (χ0v) is 19.5. The van der Waals surface area contributed by atoms with Crippen LogP contribution in [0.1, 0.15) is 22.3 Å². The van der Waals surface area contributed by atoms with Crippen LogP contribution in [0.3, 0.4) is 0 Å². The molecule has 0 atom stereocenters. The van der Waals surface area contributed by atoms with Crippen LogP contribution < -0.4 is 19.9 Å². The molecule has 0 saturated heterocycles. The second-order valence-corrected chi connectivity index (χ2v) is 8.39.